The number of nitro benzene ring substituents is 1. The molecule has 0 aliphatic carbocycles. The lowest BCUT2D eigenvalue weighted by atomic mass is 10.1. The van der Waals surface area contributed by atoms with Gasteiger partial charge in [-0.05, 0) is 67.6 Å². The number of amides is 3. The fourth-order valence-corrected chi connectivity index (χ4v) is 4.90. The fourth-order valence-electron chi connectivity index (χ4n) is 3.79. The largest absolute Gasteiger partial charge is 0.325 e. The van der Waals surface area contributed by atoms with Gasteiger partial charge < -0.3 is 16.0 Å². The molecule has 0 radical (unpaired) electrons. The Morgan fingerprint density at radius 2 is 1.60 bits per heavy atom. The Labute approximate surface area is 255 Å². The molecule has 4 aromatic rings. The van der Waals surface area contributed by atoms with Crippen molar-refractivity contribution in [3.8, 4) is 0 Å². The lowest BCUT2D eigenvalue weighted by molar-refractivity contribution is -0.385. The van der Waals surface area contributed by atoms with Crippen LogP contribution in [-0.4, -0.2) is 27.9 Å². The predicted octanol–water partition coefficient (Wildman–Crippen LogP) is 6.92. The first-order valence-corrected chi connectivity index (χ1v) is 14.0. The average Bonchev–Trinajstić information content (AvgIpc) is 2.99. The van der Waals surface area contributed by atoms with Gasteiger partial charge in [0, 0.05) is 27.9 Å². The molecular formula is C31H24ClFN4O5S. The summed E-state index contributed by atoms with van der Waals surface area (Å²) in [4.78, 5) is 50.6. The van der Waals surface area contributed by atoms with Gasteiger partial charge >= 0.3 is 0 Å². The second kappa shape index (κ2) is 14.3. The van der Waals surface area contributed by atoms with Crippen LogP contribution in [0.1, 0.15) is 22.8 Å². The minimum absolute atomic E-state index is 0.114. The molecule has 43 heavy (non-hydrogen) atoms. The van der Waals surface area contributed by atoms with Crippen molar-refractivity contribution in [2.75, 3.05) is 10.6 Å². The van der Waals surface area contributed by atoms with Gasteiger partial charge in [0.2, 0.25) is 5.91 Å². The second-order valence-corrected chi connectivity index (χ2v) is 10.9. The maximum Gasteiger partial charge on any atom is 0.276 e. The van der Waals surface area contributed by atoms with Crippen molar-refractivity contribution in [1.82, 2.24) is 5.32 Å². The number of anilines is 2. The molecule has 0 aliphatic heterocycles. The van der Waals surface area contributed by atoms with Crippen LogP contribution in [0, 0.1) is 15.9 Å². The van der Waals surface area contributed by atoms with Gasteiger partial charge in [0.25, 0.3) is 17.5 Å². The van der Waals surface area contributed by atoms with Gasteiger partial charge in [-0.3, -0.25) is 24.5 Å². The number of nitro groups is 1. The molecule has 0 saturated heterocycles. The van der Waals surface area contributed by atoms with E-state index < -0.39 is 27.8 Å². The number of nitrogens with zero attached hydrogens (tertiary/aromatic N) is 1. The normalized spacial score (nSPS) is 11.7. The highest BCUT2D eigenvalue weighted by molar-refractivity contribution is 8.00. The molecule has 9 nitrogen and oxygen atoms in total. The summed E-state index contributed by atoms with van der Waals surface area (Å²) in [5, 5.41) is 18.8. The molecule has 4 aromatic carbocycles. The zero-order chi connectivity index (χ0) is 30.9. The average molecular weight is 619 g/mol. The van der Waals surface area contributed by atoms with Gasteiger partial charge in [0.1, 0.15) is 11.5 Å². The summed E-state index contributed by atoms with van der Waals surface area (Å²) < 4.78 is 13.4. The van der Waals surface area contributed by atoms with E-state index in [9.17, 15) is 28.9 Å². The van der Waals surface area contributed by atoms with Crippen LogP contribution in [0.2, 0.25) is 5.02 Å². The van der Waals surface area contributed by atoms with Gasteiger partial charge in [0.05, 0.1) is 20.8 Å². The lowest BCUT2D eigenvalue weighted by Gasteiger charge is -2.14. The Bertz CT molecular complexity index is 1720. The van der Waals surface area contributed by atoms with E-state index in [4.69, 9.17) is 11.6 Å². The zero-order valence-corrected chi connectivity index (χ0v) is 24.1. The van der Waals surface area contributed by atoms with Gasteiger partial charge in [0.15, 0.2) is 0 Å². The fraction of sp³-hybridized carbons (Fsp3) is 0.0645. The van der Waals surface area contributed by atoms with Crippen molar-refractivity contribution in [1.29, 1.82) is 0 Å². The molecular weight excluding hydrogens is 595 g/mol. The van der Waals surface area contributed by atoms with Gasteiger partial charge in [-0.25, -0.2) is 4.39 Å². The van der Waals surface area contributed by atoms with Crippen LogP contribution in [0.25, 0.3) is 6.08 Å². The number of carbonyl (C=O) groups is 3. The molecule has 0 saturated carbocycles. The Kier molecular flexibility index (Phi) is 10.3. The monoisotopic (exact) mass is 618 g/mol. The third-order valence-electron chi connectivity index (χ3n) is 5.92. The van der Waals surface area contributed by atoms with Crippen LogP contribution in [0.5, 0.6) is 0 Å². The molecule has 1 atom stereocenters. The standard InChI is InChI=1S/C31H24ClFN4O5S/c1-19(29(38)34-23-14-15-26(33)25(32)18-23)43-24-12-7-11-22(17-24)35-31(40)27(36-30(39)20-8-3-2-4-9-20)16-21-10-5-6-13-28(21)37(41)42/h2-19H,1H3,(H,34,38)(H,35,40)(H,36,39)/b27-16+. The Balaban J connectivity index is 1.52. The van der Waals surface area contributed by atoms with Gasteiger partial charge in [-0.2, -0.15) is 0 Å². The molecule has 0 bridgehead atoms. The number of rotatable bonds is 10. The summed E-state index contributed by atoms with van der Waals surface area (Å²) in [5.41, 5.74) is 0.660. The van der Waals surface area contributed by atoms with Crippen LogP contribution in [0.3, 0.4) is 0 Å². The highest BCUT2D eigenvalue weighted by atomic mass is 35.5. The predicted molar refractivity (Wildman–Crippen MR) is 165 cm³/mol. The smallest absolute Gasteiger partial charge is 0.276 e. The maximum absolute atomic E-state index is 13.4. The molecule has 0 fully saturated rings. The number of benzene rings is 4. The van der Waals surface area contributed by atoms with Gasteiger partial charge in [-0.15, -0.1) is 11.8 Å². The number of hydrogen-bond donors (Lipinski definition) is 3. The third-order valence-corrected chi connectivity index (χ3v) is 7.31. The van der Waals surface area contributed by atoms with E-state index in [1.54, 1.807) is 67.6 Å². The minimum atomic E-state index is -0.719. The van der Waals surface area contributed by atoms with E-state index in [0.717, 1.165) is 6.07 Å². The Morgan fingerprint density at radius 3 is 2.33 bits per heavy atom. The molecule has 0 spiro atoms. The molecule has 3 N–H and O–H groups in total. The highest BCUT2D eigenvalue weighted by Gasteiger charge is 2.19. The summed E-state index contributed by atoms with van der Waals surface area (Å²) in [6.45, 7) is 1.68. The first-order chi connectivity index (χ1) is 20.6. The zero-order valence-electron chi connectivity index (χ0n) is 22.5. The first kappa shape index (κ1) is 30.9. The van der Waals surface area contributed by atoms with Crippen molar-refractivity contribution in [2.24, 2.45) is 0 Å². The first-order valence-electron chi connectivity index (χ1n) is 12.8. The van der Waals surface area contributed by atoms with Crippen LogP contribution in [0.4, 0.5) is 21.5 Å². The van der Waals surface area contributed by atoms with E-state index in [0.29, 0.717) is 16.3 Å². The second-order valence-electron chi connectivity index (χ2n) is 9.05. The molecule has 1 unspecified atom stereocenters. The number of para-hydroxylation sites is 1. The molecule has 3 amide bonds. The lowest BCUT2D eigenvalue weighted by Crippen LogP contribution is -2.30. The topological polar surface area (TPSA) is 130 Å². The summed E-state index contributed by atoms with van der Waals surface area (Å²) in [6.07, 6.45) is 1.24. The highest BCUT2D eigenvalue weighted by Crippen LogP contribution is 2.28. The van der Waals surface area contributed by atoms with E-state index in [1.165, 1.54) is 48.2 Å². The third kappa shape index (κ3) is 8.51. The molecule has 0 aromatic heterocycles. The van der Waals surface area contributed by atoms with Crippen molar-refractivity contribution < 1.29 is 23.7 Å². The molecule has 0 heterocycles. The van der Waals surface area contributed by atoms with Crippen LogP contribution in [0.15, 0.2) is 108 Å². The number of halogens is 2. The number of carbonyl (C=O) groups excluding carboxylic acids is 3. The SMILES string of the molecule is CC(Sc1cccc(NC(=O)/C(=C\c2ccccc2[N+](=O)[O-])NC(=O)c2ccccc2)c1)C(=O)Nc1ccc(F)c(Cl)c1. The van der Waals surface area contributed by atoms with Crippen molar-refractivity contribution >= 4 is 64.2 Å². The minimum Gasteiger partial charge on any atom is -0.325 e. The van der Waals surface area contributed by atoms with Crippen molar-refractivity contribution in [3.05, 3.63) is 135 Å². The summed E-state index contributed by atoms with van der Waals surface area (Å²) in [5.74, 6) is -2.24. The summed E-state index contributed by atoms with van der Waals surface area (Å²) >= 11 is 7.00. The van der Waals surface area contributed by atoms with Crippen molar-refractivity contribution in [3.63, 3.8) is 0 Å². The molecule has 12 heteroatoms. The summed E-state index contributed by atoms with van der Waals surface area (Å²) in [6, 6.07) is 24.6. The van der Waals surface area contributed by atoms with E-state index in [-0.39, 0.29) is 33.4 Å². The van der Waals surface area contributed by atoms with Crippen LogP contribution in [-0.2, 0) is 9.59 Å². The van der Waals surface area contributed by atoms with E-state index >= 15 is 0 Å². The Hall–Kier alpha value is -5.00. The van der Waals surface area contributed by atoms with E-state index in [1.807, 2.05) is 0 Å². The van der Waals surface area contributed by atoms with Crippen LogP contribution >= 0.6 is 23.4 Å². The molecule has 0 aliphatic rings. The van der Waals surface area contributed by atoms with Crippen LogP contribution < -0.4 is 16.0 Å². The number of thioether (sulfide) groups is 1. The summed E-state index contributed by atoms with van der Waals surface area (Å²) in [7, 11) is 0. The number of hydrogen-bond acceptors (Lipinski definition) is 6. The van der Waals surface area contributed by atoms with Crippen molar-refractivity contribution in [2.45, 2.75) is 17.1 Å². The number of nitrogens with one attached hydrogen (secondary N) is 3. The Morgan fingerprint density at radius 1 is 0.907 bits per heavy atom. The van der Waals surface area contributed by atoms with E-state index in [2.05, 4.69) is 16.0 Å². The quantitative estimate of drug-likeness (QED) is 0.0766. The van der Waals surface area contributed by atoms with Gasteiger partial charge in [-0.1, -0.05) is 48.0 Å². The maximum atomic E-state index is 13.4. The molecule has 4 rings (SSSR count). The molecule has 218 valence electrons.